The number of ketones is 1. The molecule has 3 rings (SSSR count). The average molecular weight is 241 g/mol. The molecule has 0 N–H and O–H groups in total. The third kappa shape index (κ3) is 2.20. The Kier molecular flexibility index (Phi) is 2.94. The minimum atomic E-state index is 0.225. The Morgan fingerprint density at radius 1 is 1.33 bits per heavy atom. The van der Waals surface area contributed by atoms with Gasteiger partial charge in [-0.25, -0.2) is 0 Å². The van der Waals surface area contributed by atoms with E-state index in [9.17, 15) is 4.79 Å². The van der Waals surface area contributed by atoms with E-state index in [1.165, 1.54) is 30.2 Å². The molecule has 0 saturated heterocycles. The maximum atomic E-state index is 11.1. The highest BCUT2D eigenvalue weighted by atomic mass is 16.1. The summed E-state index contributed by atoms with van der Waals surface area (Å²) in [5.41, 5.74) is 2.42. The topological polar surface area (TPSA) is 22.0 Å². The predicted molar refractivity (Wildman–Crippen MR) is 73.7 cm³/mol. The SMILES string of the molecule is CC(=O)Cc1ccc2c(ccn2CC2CCC2)c1. The number of carbonyl (C=O) groups excluding carboxylic acids is 1. The largest absolute Gasteiger partial charge is 0.347 e. The van der Waals surface area contributed by atoms with Crippen LogP contribution in [0.3, 0.4) is 0 Å². The molecule has 1 heterocycles. The van der Waals surface area contributed by atoms with Crippen molar-refractivity contribution in [2.24, 2.45) is 5.92 Å². The van der Waals surface area contributed by atoms with E-state index in [-0.39, 0.29) is 5.78 Å². The van der Waals surface area contributed by atoms with Gasteiger partial charge in [0.15, 0.2) is 0 Å². The van der Waals surface area contributed by atoms with E-state index in [0.717, 1.165) is 18.0 Å². The summed E-state index contributed by atoms with van der Waals surface area (Å²) in [6, 6.07) is 8.55. The van der Waals surface area contributed by atoms with Crippen molar-refractivity contribution in [2.75, 3.05) is 0 Å². The molecule has 0 radical (unpaired) electrons. The molecule has 0 aliphatic heterocycles. The second kappa shape index (κ2) is 4.60. The fourth-order valence-electron chi connectivity index (χ4n) is 2.76. The zero-order chi connectivity index (χ0) is 12.5. The van der Waals surface area contributed by atoms with E-state index in [0.29, 0.717) is 6.42 Å². The normalized spacial score (nSPS) is 15.8. The molecule has 0 atom stereocenters. The molecule has 0 unspecified atom stereocenters. The lowest BCUT2D eigenvalue weighted by atomic mass is 9.85. The van der Waals surface area contributed by atoms with Crippen LogP contribution in [0.2, 0.25) is 0 Å². The van der Waals surface area contributed by atoms with E-state index in [2.05, 4.69) is 35.0 Å². The Balaban J connectivity index is 1.86. The number of carbonyl (C=O) groups is 1. The summed E-state index contributed by atoms with van der Waals surface area (Å²) < 4.78 is 2.36. The molecule has 1 aromatic heterocycles. The first kappa shape index (κ1) is 11.5. The molecule has 1 aromatic carbocycles. The first-order valence-corrected chi connectivity index (χ1v) is 6.79. The first-order chi connectivity index (χ1) is 8.72. The van der Waals surface area contributed by atoms with E-state index in [1.54, 1.807) is 6.92 Å². The number of nitrogens with zero attached hydrogens (tertiary/aromatic N) is 1. The van der Waals surface area contributed by atoms with Crippen molar-refractivity contribution in [3.63, 3.8) is 0 Å². The highest BCUT2D eigenvalue weighted by Crippen LogP contribution is 2.29. The van der Waals surface area contributed by atoms with Gasteiger partial charge in [0, 0.05) is 24.7 Å². The lowest BCUT2D eigenvalue weighted by Gasteiger charge is -2.26. The summed E-state index contributed by atoms with van der Waals surface area (Å²) >= 11 is 0. The van der Waals surface area contributed by atoms with Crippen LogP contribution in [0.25, 0.3) is 10.9 Å². The third-order valence-corrected chi connectivity index (χ3v) is 3.97. The minimum absolute atomic E-state index is 0.225. The smallest absolute Gasteiger partial charge is 0.134 e. The molecule has 2 nitrogen and oxygen atoms in total. The average Bonchev–Trinajstić information content (AvgIpc) is 2.65. The Labute approximate surface area is 108 Å². The van der Waals surface area contributed by atoms with Crippen LogP contribution in [-0.2, 0) is 17.8 Å². The number of hydrogen-bond donors (Lipinski definition) is 0. The van der Waals surface area contributed by atoms with E-state index in [1.807, 2.05) is 0 Å². The molecule has 0 bridgehead atoms. The Morgan fingerprint density at radius 2 is 2.17 bits per heavy atom. The zero-order valence-corrected chi connectivity index (χ0v) is 10.9. The van der Waals surface area contributed by atoms with Gasteiger partial charge in [0.25, 0.3) is 0 Å². The van der Waals surface area contributed by atoms with Crippen LogP contribution in [0.4, 0.5) is 0 Å². The standard InChI is InChI=1S/C16H19NO/c1-12(18)9-14-5-6-16-15(10-14)7-8-17(16)11-13-3-2-4-13/h5-8,10,13H,2-4,9,11H2,1H3. The number of rotatable bonds is 4. The molecule has 2 aromatic rings. The molecule has 2 heteroatoms. The number of aromatic nitrogens is 1. The third-order valence-electron chi connectivity index (χ3n) is 3.97. The highest BCUT2D eigenvalue weighted by Gasteiger charge is 2.18. The molecule has 18 heavy (non-hydrogen) atoms. The van der Waals surface area contributed by atoms with Gasteiger partial charge in [-0.15, -0.1) is 0 Å². The quantitative estimate of drug-likeness (QED) is 0.802. The van der Waals surface area contributed by atoms with Crippen molar-refractivity contribution >= 4 is 16.7 Å². The Bertz CT molecular complexity index is 578. The first-order valence-electron chi connectivity index (χ1n) is 6.79. The summed E-state index contributed by atoms with van der Waals surface area (Å²) in [4.78, 5) is 11.1. The second-order valence-corrected chi connectivity index (χ2v) is 5.54. The van der Waals surface area contributed by atoms with E-state index < -0.39 is 0 Å². The summed E-state index contributed by atoms with van der Waals surface area (Å²) in [6.45, 7) is 2.79. The van der Waals surface area contributed by atoms with Crippen molar-refractivity contribution in [1.29, 1.82) is 0 Å². The monoisotopic (exact) mass is 241 g/mol. The van der Waals surface area contributed by atoms with E-state index >= 15 is 0 Å². The summed E-state index contributed by atoms with van der Waals surface area (Å²) in [6.07, 6.45) is 6.88. The van der Waals surface area contributed by atoms with Gasteiger partial charge in [0.2, 0.25) is 0 Å². The fraction of sp³-hybridized carbons (Fsp3) is 0.438. The van der Waals surface area contributed by atoms with Gasteiger partial charge in [-0.2, -0.15) is 0 Å². The maximum Gasteiger partial charge on any atom is 0.134 e. The summed E-state index contributed by atoms with van der Waals surface area (Å²) in [5.74, 6) is 1.10. The molecule has 94 valence electrons. The maximum absolute atomic E-state index is 11.1. The van der Waals surface area contributed by atoms with Crippen molar-refractivity contribution in [2.45, 2.75) is 39.2 Å². The van der Waals surface area contributed by atoms with Gasteiger partial charge in [0.05, 0.1) is 0 Å². The van der Waals surface area contributed by atoms with Gasteiger partial charge >= 0.3 is 0 Å². The Hall–Kier alpha value is -1.57. The molecule has 1 aliphatic rings. The molecule has 1 saturated carbocycles. The van der Waals surface area contributed by atoms with Gasteiger partial charge in [0.1, 0.15) is 5.78 Å². The number of Topliss-reactive ketones (excluding diaryl/α,β-unsaturated/α-hetero) is 1. The molecule has 0 amide bonds. The fourth-order valence-corrected chi connectivity index (χ4v) is 2.76. The number of fused-ring (bicyclic) bond motifs is 1. The van der Waals surface area contributed by atoms with Crippen molar-refractivity contribution in [1.82, 2.24) is 4.57 Å². The lowest BCUT2D eigenvalue weighted by Crippen LogP contribution is -2.17. The van der Waals surface area contributed by atoms with Gasteiger partial charge < -0.3 is 4.57 Å². The second-order valence-electron chi connectivity index (χ2n) is 5.54. The molecular weight excluding hydrogens is 222 g/mol. The van der Waals surface area contributed by atoms with Crippen molar-refractivity contribution < 1.29 is 4.79 Å². The van der Waals surface area contributed by atoms with Crippen LogP contribution < -0.4 is 0 Å². The van der Waals surface area contributed by atoms with E-state index in [4.69, 9.17) is 0 Å². The van der Waals surface area contributed by atoms with Gasteiger partial charge in [-0.1, -0.05) is 12.5 Å². The molecular formula is C16H19NO. The van der Waals surface area contributed by atoms with Crippen LogP contribution in [0, 0.1) is 5.92 Å². The highest BCUT2D eigenvalue weighted by molar-refractivity contribution is 5.84. The van der Waals surface area contributed by atoms with Crippen LogP contribution >= 0.6 is 0 Å². The van der Waals surface area contributed by atoms with Crippen molar-refractivity contribution in [3.05, 3.63) is 36.0 Å². The summed E-state index contributed by atoms with van der Waals surface area (Å²) in [7, 11) is 0. The number of hydrogen-bond acceptors (Lipinski definition) is 1. The molecule has 1 aliphatic carbocycles. The van der Waals surface area contributed by atoms with Crippen LogP contribution in [0.5, 0.6) is 0 Å². The minimum Gasteiger partial charge on any atom is -0.347 e. The van der Waals surface area contributed by atoms with Crippen LogP contribution in [0.1, 0.15) is 31.7 Å². The van der Waals surface area contributed by atoms with Crippen LogP contribution in [-0.4, -0.2) is 10.4 Å². The zero-order valence-electron chi connectivity index (χ0n) is 10.9. The Morgan fingerprint density at radius 3 is 2.83 bits per heavy atom. The lowest BCUT2D eigenvalue weighted by molar-refractivity contribution is -0.116. The molecule has 1 fully saturated rings. The van der Waals surface area contributed by atoms with Gasteiger partial charge in [-0.3, -0.25) is 4.79 Å². The predicted octanol–water partition coefficient (Wildman–Crippen LogP) is 3.57. The molecule has 0 spiro atoms. The van der Waals surface area contributed by atoms with Crippen LogP contribution in [0.15, 0.2) is 30.5 Å². The summed E-state index contributed by atoms with van der Waals surface area (Å²) in [5, 5.41) is 1.26. The van der Waals surface area contributed by atoms with Gasteiger partial charge in [-0.05, 0) is 54.8 Å². The van der Waals surface area contributed by atoms with Crippen molar-refractivity contribution in [3.8, 4) is 0 Å². The number of benzene rings is 1.